The first-order chi connectivity index (χ1) is 18.5. The Labute approximate surface area is 231 Å². The molecule has 0 aliphatic carbocycles. The number of allylic oxidation sites excluding steroid dienone is 2. The summed E-state index contributed by atoms with van der Waals surface area (Å²) >= 11 is 0. The highest BCUT2D eigenvalue weighted by Gasteiger charge is 2.03. The Morgan fingerprint density at radius 3 is 1.89 bits per heavy atom. The second kappa shape index (κ2) is 23.3. The topological polar surface area (TPSA) is 61.8 Å². The van der Waals surface area contributed by atoms with Crippen LogP contribution in [0.3, 0.4) is 0 Å². The molecule has 0 heterocycles. The molecule has 0 amide bonds. The number of rotatable bonds is 23. The molecule has 1 aromatic carbocycles. The summed E-state index contributed by atoms with van der Waals surface area (Å²) in [5.74, 6) is -0.155. The zero-order chi connectivity index (χ0) is 27.7. The average molecular weight is 527 g/mol. The minimum Gasteiger partial charge on any atom is -0.494 e. The second-order valence-electron chi connectivity index (χ2n) is 9.77. The minimum atomic E-state index is -0.494. The molecule has 0 aliphatic heterocycles. The molecule has 0 atom stereocenters. The fourth-order valence-corrected chi connectivity index (χ4v) is 3.83. The molecule has 5 nitrogen and oxygen atoms in total. The van der Waals surface area contributed by atoms with Crippen molar-refractivity contribution in [1.82, 2.24) is 0 Å². The molecule has 1 aromatic rings. The van der Waals surface area contributed by atoms with E-state index in [0.29, 0.717) is 5.57 Å². The Bertz CT molecular complexity index is 822. The number of ether oxygens (including phenoxy) is 3. The van der Waals surface area contributed by atoms with Crippen LogP contribution in [-0.4, -0.2) is 31.8 Å². The lowest BCUT2D eigenvalue weighted by molar-refractivity contribution is -0.146. The fraction of sp³-hybridized carbons (Fsp3) is 0.576. The van der Waals surface area contributed by atoms with Crippen LogP contribution in [0, 0.1) is 0 Å². The molecule has 212 valence electrons. The highest BCUT2D eigenvalue weighted by molar-refractivity contribution is 5.87. The third-order valence-electron chi connectivity index (χ3n) is 6.13. The van der Waals surface area contributed by atoms with E-state index in [1.54, 1.807) is 13.0 Å². The van der Waals surface area contributed by atoms with Gasteiger partial charge in [-0.2, -0.15) is 0 Å². The van der Waals surface area contributed by atoms with E-state index >= 15 is 0 Å². The van der Waals surface area contributed by atoms with Gasteiger partial charge in [0.2, 0.25) is 0 Å². The number of hydrogen-bond donors (Lipinski definition) is 0. The molecule has 0 aromatic heterocycles. The number of esters is 2. The van der Waals surface area contributed by atoms with E-state index in [0.717, 1.165) is 24.3 Å². The van der Waals surface area contributed by atoms with Crippen molar-refractivity contribution in [2.75, 3.05) is 19.8 Å². The Morgan fingerprint density at radius 1 is 0.737 bits per heavy atom. The molecule has 0 spiro atoms. The number of carbonyl (C=O) groups excluding carboxylic acids is 2. The van der Waals surface area contributed by atoms with Gasteiger partial charge in [0, 0.05) is 11.6 Å². The summed E-state index contributed by atoms with van der Waals surface area (Å²) < 4.78 is 15.7. The van der Waals surface area contributed by atoms with Crippen molar-refractivity contribution < 1.29 is 23.8 Å². The van der Waals surface area contributed by atoms with E-state index in [-0.39, 0.29) is 13.2 Å². The van der Waals surface area contributed by atoms with Crippen molar-refractivity contribution in [3.8, 4) is 5.75 Å². The average Bonchev–Trinajstić information content (AvgIpc) is 2.92. The van der Waals surface area contributed by atoms with Crippen molar-refractivity contribution >= 4 is 18.0 Å². The van der Waals surface area contributed by atoms with Gasteiger partial charge in [-0.15, -0.1) is 0 Å². The van der Waals surface area contributed by atoms with Gasteiger partial charge in [0.25, 0.3) is 0 Å². The van der Waals surface area contributed by atoms with Crippen molar-refractivity contribution in [2.24, 2.45) is 0 Å². The molecular formula is C33H50O5. The number of unbranched alkanes of at least 4 members (excludes halogenated alkanes) is 12. The fourth-order valence-electron chi connectivity index (χ4n) is 3.83. The van der Waals surface area contributed by atoms with E-state index < -0.39 is 11.9 Å². The maximum Gasteiger partial charge on any atom is 0.333 e. The van der Waals surface area contributed by atoms with Gasteiger partial charge in [-0.3, -0.25) is 0 Å². The number of carbonyl (C=O) groups is 2. The van der Waals surface area contributed by atoms with Crippen LogP contribution in [0.15, 0.2) is 54.6 Å². The molecule has 0 N–H and O–H groups in total. The summed E-state index contributed by atoms with van der Waals surface area (Å²) in [7, 11) is 0. The van der Waals surface area contributed by atoms with Gasteiger partial charge in [0.1, 0.15) is 19.0 Å². The van der Waals surface area contributed by atoms with E-state index in [9.17, 15) is 9.59 Å². The summed E-state index contributed by atoms with van der Waals surface area (Å²) in [5, 5.41) is 0. The van der Waals surface area contributed by atoms with Gasteiger partial charge in [-0.05, 0) is 62.8 Å². The molecule has 0 saturated heterocycles. The van der Waals surface area contributed by atoms with Crippen LogP contribution in [0.5, 0.6) is 5.75 Å². The van der Waals surface area contributed by atoms with Crippen molar-refractivity contribution in [3.63, 3.8) is 0 Å². The molecule has 5 heteroatoms. The second-order valence-corrected chi connectivity index (χ2v) is 9.77. The molecule has 0 saturated carbocycles. The van der Waals surface area contributed by atoms with Gasteiger partial charge in [0.15, 0.2) is 0 Å². The molecule has 0 unspecified atom stereocenters. The van der Waals surface area contributed by atoms with Crippen molar-refractivity contribution in [1.29, 1.82) is 0 Å². The van der Waals surface area contributed by atoms with Gasteiger partial charge >= 0.3 is 11.9 Å². The van der Waals surface area contributed by atoms with Gasteiger partial charge in [-0.25, -0.2) is 9.59 Å². The maximum atomic E-state index is 11.8. The first-order valence-electron chi connectivity index (χ1n) is 14.6. The highest BCUT2D eigenvalue weighted by Crippen LogP contribution is 2.15. The SMILES string of the molecule is C=C(C)C(=O)OCCOC(=O)/C=C/c1ccc(OCCCCCCC/C=C/CCCCCCCCC)cc1. The maximum absolute atomic E-state index is 11.8. The normalized spacial score (nSPS) is 11.2. The largest absolute Gasteiger partial charge is 0.494 e. The Morgan fingerprint density at radius 2 is 1.29 bits per heavy atom. The van der Waals surface area contributed by atoms with Crippen LogP contribution in [0.1, 0.15) is 109 Å². The van der Waals surface area contributed by atoms with Crippen LogP contribution in [0.4, 0.5) is 0 Å². The Balaban J connectivity index is 2.00. The molecule has 38 heavy (non-hydrogen) atoms. The number of benzene rings is 1. The predicted molar refractivity (Wildman–Crippen MR) is 157 cm³/mol. The van der Waals surface area contributed by atoms with Gasteiger partial charge in [-0.1, -0.05) is 95.6 Å². The van der Waals surface area contributed by atoms with Gasteiger partial charge < -0.3 is 14.2 Å². The van der Waals surface area contributed by atoms with Crippen LogP contribution < -0.4 is 4.74 Å². The Kier molecular flexibility index (Phi) is 20.4. The monoisotopic (exact) mass is 526 g/mol. The van der Waals surface area contributed by atoms with Crippen molar-refractivity contribution in [3.05, 3.63) is 60.2 Å². The van der Waals surface area contributed by atoms with E-state index in [2.05, 4.69) is 25.7 Å². The molecule has 0 fully saturated rings. The summed E-state index contributed by atoms with van der Waals surface area (Å²) in [5.41, 5.74) is 1.19. The molecule has 0 bridgehead atoms. The predicted octanol–water partition coefficient (Wildman–Crippen LogP) is 8.78. The third-order valence-corrected chi connectivity index (χ3v) is 6.13. The number of hydrogen-bond acceptors (Lipinski definition) is 5. The highest BCUT2D eigenvalue weighted by atomic mass is 16.6. The zero-order valence-corrected chi connectivity index (χ0v) is 23.9. The van der Waals surface area contributed by atoms with E-state index in [1.807, 2.05) is 24.3 Å². The van der Waals surface area contributed by atoms with Crippen LogP contribution >= 0.6 is 0 Å². The molecule has 1 rings (SSSR count). The molecule has 0 aliphatic rings. The first kappa shape index (κ1) is 33.2. The van der Waals surface area contributed by atoms with E-state index in [4.69, 9.17) is 14.2 Å². The standard InChI is InChI=1S/C33H50O5/c1-4-5-6-7-8-9-10-11-12-13-14-15-16-17-18-19-26-36-31-23-20-30(21-24-31)22-25-32(34)37-27-28-38-33(35)29(2)3/h12-13,20-25H,2,4-11,14-19,26-28H2,1,3H3/b13-12+,25-22+. The van der Waals surface area contributed by atoms with Crippen LogP contribution in [0.25, 0.3) is 6.08 Å². The van der Waals surface area contributed by atoms with E-state index in [1.165, 1.54) is 89.5 Å². The van der Waals surface area contributed by atoms with Crippen molar-refractivity contribution in [2.45, 2.75) is 104 Å². The Hall–Kier alpha value is -2.82. The molecule has 0 radical (unpaired) electrons. The summed E-state index contributed by atoms with van der Waals surface area (Å²) in [4.78, 5) is 23.0. The lowest BCUT2D eigenvalue weighted by Gasteiger charge is -2.06. The molecular weight excluding hydrogens is 476 g/mol. The smallest absolute Gasteiger partial charge is 0.333 e. The lowest BCUT2D eigenvalue weighted by atomic mass is 10.1. The first-order valence-corrected chi connectivity index (χ1v) is 14.6. The van der Waals surface area contributed by atoms with Gasteiger partial charge in [0.05, 0.1) is 6.61 Å². The third kappa shape index (κ3) is 19.3. The lowest BCUT2D eigenvalue weighted by Crippen LogP contribution is -2.12. The van der Waals surface area contributed by atoms with Crippen LogP contribution in [-0.2, 0) is 19.1 Å². The quantitative estimate of drug-likeness (QED) is 0.0617. The zero-order valence-electron chi connectivity index (χ0n) is 23.9. The summed E-state index contributed by atoms with van der Waals surface area (Å²) in [6.07, 6.45) is 25.9. The van der Waals surface area contributed by atoms with Crippen LogP contribution in [0.2, 0.25) is 0 Å². The minimum absolute atomic E-state index is 0.00533. The summed E-state index contributed by atoms with van der Waals surface area (Å²) in [6, 6.07) is 7.60. The summed E-state index contributed by atoms with van der Waals surface area (Å²) in [6.45, 7) is 8.05.